The number of rotatable bonds is 7. The Morgan fingerprint density at radius 1 is 0.844 bits per heavy atom. The van der Waals surface area contributed by atoms with Crippen LogP contribution in [0.15, 0.2) is 66.7 Å². The average Bonchev–Trinajstić information content (AvgIpc) is 2.76. The molecule has 0 saturated carbocycles. The van der Waals surface area contributed by atoms with Crippen molar-refractivity contribution in [1.29, 1.82) is 0 Å². The number of anilines is 3. The van der Waals surface area contributed by atoms with Crippen LogP contribution in [0.25, 0.3) is 0 Å². The summed E-state index contributed by atoms with van der Waals surface area (Å²) in [5.41, 5.74) is 4.16. The normalized spacial score (nSPS) is 10.6. The molecular weight excluding hydrogens is 402 g/mol. The molecule has 3 rings (SSSR count). The Hall–Kier alpha value is -3.80. The Morgan fingerprint density at radius 3 is 2.19 bits per heavy atom. The lowest BCUT2D eigenvalue weighted by atomic mass is 10.1. The quantitative estimate of drug-likeness (QED) is 0.529. The van der Waals surface area contributed by atoms with Crippen molar-refractivity contribution in [1.82, 2.24) is 0 Å². The number of benzene rings is 3. The molecule has 0 fully saturated rings. The predicted octanol–water partition coefficient (Wildman–Crippen LogP) is 5.35. The summed E-state index contributed by atoms with van der Waals surface area (Å²) in [7, 11) is 3.85. The third-order valence-corrected chi connectivity index (χ3v) is 4.86. The molecule has 166 valence electrons. The van der Waals surface area contributed by atoms with Crippen molar-refractivity contribution in [2.45, 2.75) is 26.9 Å². The highest BCUT2D eigenvalue weighted by Gasteiger charge is 2.12. The molecule has 0 heterocycles. The molecule has 6 nitrogen and oxygen atoms in total. The molecule has 0 aliphatic carbocycles. The van der Waals surface area contributed by atoms with Gasteiger partial charge in [0.05, 0.1) is 6.10 Å². The molecule has 3 aromatic rings. The second-order valence-corrected chi connectivity index (χ2v) is 8.07. The van der Waals surface area contributed by atoms with Crippen molar-refractivity contribution in [3.05, 3.63) is 83.4 Å². The number of nitrogens with zero attached hydrogens (tertiary/aromatic N) is 1. The van der Waals surface area contributed by atoms with Crippen LogP contribution in [0.1, 0.15) is 40.1 Å². The van der Waals surface area contributed by atoms with E-state index in [1.54, 1.807) is 36.4 Å². The van der Waals surface area contributed by atoms with Crippen LogP contribution >= 0.6 is 0 Å². The lowest BCUT2D eigenvalue weighted by molar-refractivity contribution is 0.101. The van der Waals surface area contributed by atoms with Gasteiger partial charge >= 0.3 is 0 Å². The molecule has 2 N–H and O–H groups in total. The highest BCUT2D eigenvalue weighted by molar-refractivity contribution is 6.07. The molecule has 0 spiro atoms. The van der Waals surface area contributed by atoms with E-state index in [9.17, 15) is 9.59 Å². The fourth-order valence-electron chi connectivity index (χ4n) is 3.11. The maximum atomic E-state index is 12.7. The van der Waals surface area contributed by atoms with Crippen LogP contribution in [-0.2, 0) is 0 Å². The zero-order valence-electron chi connectivity index (χ0n) is 19.1. The number of carbonyl (C=O) groups is 2. The number of carbonyl (C=O) groups excluding carboxylic acids is 2. The van der Waals surface area contributed by atoms with Crippen molar-refractivity contribution < 1.29 is 14.3 Å². The maximum absolute atomic E-state index is 12.7. The minimum absolute atomic E-state index is 0.0700. The van der Waals surface area contributed by atoms with Gasteiger partial charge in [-0.3, -0.25) is 9.59 Å². The molecule has 2 amide bonds. The van der Waals surface area contributed by atoms with Gasteiger partial charge in [-0.2, -0.15) is 0 Å². The second-order valence-electron chi connectivity index (χ2n) is 8.07. The first-order valence-electron chi connectivity index (χ1n) is 10.5. The van der Waals surface area contributed by atoms with E-state index in [0.717, 1.165) is 17.0 Å². The van der Waals surface area contributed by atoms with E-state index in [1.807, 2.05) is 70.1 Å². The molecule has 0 atom stereocenters. The van der Waals surface area contributed by atoms with Gasteiger partial charge in [0.1, 0.15) is 5.75 Å². The van der Waals surface area contributed by atoms with Crippen LogP contribution in [-0.4, -0.2) is 32.0 Å². The summed E-state index contributed by atoms with van der Waals surface area (Å²) in [6.07, 6.45) is 0.0700. The van der Waals surface area contributed by atoms with Crippen molar-refractivity contribution in [3.63, 3.8) is 0 Å². The van der Waals surface area contributed by atoms with Gasteiger partial charge < -0.3 is 20.3 Å². The second kappa shape index (κ2) is 10.0. The molecule has 0 bridgehead atoms. The number of ether oxygens (including phenoxy) is 1. The maximum Gasteiger partial charge on any atom is 0.255 e. The van der Waals surface area contributed by atoms with Crippen LogP contribution in [0.2, 0.25) is 0 Å². The third kappa shape index (κ3) is 5.88. The summed E-state index contributed by atoms with van der Waals surface area (Å²) in [4.78, 5) is 27.4. The number of hydrogen-bond acceptors (Lipinski definition) is 4. The lowest BCUT2D eigenvalue weighted by Gasteiger charge is -2.14. The van der Waals surface area contributed by atoms with E-state index in [2.05, 4.69) is 10.6 Å². The highest BCUT2D eigenvalue weighted by atomic mass is 16.5. The lowest BCUT2D eigenvalue weighted by Crippen LogP contribution is -2.15. The first kappa shape index (κ1) is 22.9. The zero-order valence-corrected chi connectivity index (χ0v) is 19.1. The minimum atomic E-state index is -0.230. The molecule has 6 heteroatoms. The van der Waals surface area contributed by atoms with E-state index in [0.29, 0.717) is 22.5 Å². The van der Waals surface area contributed by atoms with E-state index in [1.165, 1.54) is 0 Å². The van der Waals surface area contributed by atoms with Crippen molar-refractivity contribution in [2.24, 2.45) is 0 Å². The van der Waals surface area contributed by atoms with Crippen LogP contribution in [0.5, 0.6) is 5.75 Å². The topological polar surface area (TPSA) is 70.7 Å². The third-order valence-electron chi connectivity index (χ3n) is 4.86. The molecular formula is C26H29N3O3. The average molecular weight is 432 g/mol. The smallest absolute Gasteiger partial charge is 0.255 e. The molecule has 0 unspecified atom stereocenters. The van der Waals surface area contributed by atoms with Crippen molar-refractivity contribution >= 4 is 28.9 Å². The minimum Gasteiger partial charge on any atom is -0.491 e. The highest BCUT2D eigenvalue weighted by Crippen LogP contribution is 2.23. The summed E-state index contributed by atoms with van der Waals surface area (Å²) in [6.45, 7) is 5.81. The first-order chi connectivity index (χ1) is 15.2. The number of nitrogens with one attached hydrogen (secondary N) is 2. The van der Waals surface area contributed by atoms with E-state index in [4.69, 9.17) is 4.74 Å². The van der Waals surface area contributed by atoms with Gasteiger partial charge in [-0.25, -0.2) is 0 Å². The van der Waals surface area contributed by atoms with E-state index < -0.39 is 0 Å². The van der Waals surface area contributed by atoms with E-state index in [-0.39, 0.29) is 17.9 Å². The number of amides is 2. The van der Waals surface area contributed by atoms with Gasteiger partial charge in [-0.1, -0.05) is 12.1 Å². The first-order valence-corrected chi connectivity index (χ1v) is 10.5. The molecule has 0 radical (unpaired) electrons. The molecule has 32 heavy (non-hydrogen) atoms. The Bertz CT molecular complexity index is 1110. The molecule has 3 aromatic carbocycles. The van der Waals surface area contributed by atoms with Crippen LogP contribution in [0.4, 0.5) is 17.1 Å². The largest absolute Gasteiger partial charge is 0.491 e. The Morgan fingerprint density at radius 2 is 1.53 bits per heavy atom. The van der Waals surface area contributed by atoms with Crippen LogP contribution < -0.4 is 20.3 Å². The van der Waals surface area contributed by atoms with Crippen LogP contribution in [0.3, 0.4) is 0 Å². The summed E-state index contributed by atoms with van der Waals surface area (Å²) in [5.74, 6) is 0.276. The van der Waals surface area contributed by atoms with Gasteiger partial charge in [0.25, 0.3) is 11.8 Å². The molecule has 0 aromatic heterocycles. The molecule has 0 saturated heterocycles. The van der Waals surface area contributed by atoms with Gasteiger partial charge in [-0.05, 0) is 80.9 Å². The zero-order chi connectivity index (χ0) is 23.3. The van der Waals surface area contributed by atoms with Gasteiger partial charge in [-0.15, -0.1) is 0 Å². The number of hydrogen-bond donors (Lipinski definition) is 2. The van der Waals surface area contributed by atoms with Gasteiger partial charge in [0, 0.05) is 42.3 Å². The standard InChI is InChI=1S/C26H29N3O3/c1-17(2)32-23-13-10-19(11-14-23)25(30)28-24-16-21(12-9-18(24)3)27-26(31)20-7-6-8-22(15-20)29(4)5/h6-17H,1-5H3,(H,27,31)(H,28,30). The van der Waals surface area contributed by atoms with Crippen LogP contribution in [0, 0.1) is 6.92 Å². The predicted molar refractivity (Wildman–Crippen MR) is 130 cm³/mol. The van der Waals surface area contributed by atoms with E-state index >= 15 is 0 Å². The molecule has 0 aliphatic heterocycles. The Labute approximate surface area is 189 Å². The fraction of sp³-hybridized carbons (Fsp3) is 0.231. The van der Waals surface area contributed by atoms with Crippen molar-refractivity contribution in [3.8, 4) is 5.75 Å². The summed E-state index contributed by atoms with van der Waals surface area (Å²) in [6, 6.07) is 19.8. The fourth-order valence-corrected chi connectivity index (χ4v) is 3.11. The SMILES string of the molecule is Cc1ccc(NC(=O)c2cccc(N(C)C)c2)cc1NC(=O)c1ccc(OC(C)C)cc1. The monoisotopic (exact) mass is 431 g/mol. The Balaban J connectivity index is 1.72. The molecule has 0 aliphatic rings. The summed E-state index contributed by atoms with van der Waals surface area (Å²) in [5, 5.41) is 5.83. The summed E-state index contributed by atoms with van der Waals surface area (Å²) < 4.78 is 5.62. The van der Waals surface area contributed by atoms with Gasteiger partial charge in [0.15, 0.2) is 0 Å². The number of aryl methyl sites for hydroxylation is 1. The van der Waals surface area contributed by atoms with Gasteiger partial charge in [0.2, 0.25) is 0 Å². The Kier molecular flexibility index (Phi) is 7.15. The van der Waals surface area contributed by atoms with Crippen molar-refractivity contribution in [2.75, 3.05) is 29.6 Å². The summed E-state index contributed by atoms with van der Waals surface area (Å²) >= 11 is 0.